The fourth-order valence-electron chi connectivity index (χ4n) is 2.23. The summed E-state index contributed by atoms with van der Waals surface area (Å²) in [5.74, 6) is 0.649. The van der Waals surface area contributed by atoms with Gasteiger partial charge in [0.15, 0.2) is 0 Å². The summed E-state index contributed by atoms with van der Waals surface area (Å²) in [4.78, 5) is 0. The van der Waals surface area contributed by atoms with E-state index in [0.717, 1.165) is 30.0 Å². The molecule has 0 bridgehead atoms. The molecule has 0 spiro atoms. The van der Waals surface area contributed by atoms with Gasteiger partial charge in [0.1, 0.15) is 11.4 Å². The predicted molar refractivity (Wildman–Crippen MR) is 84.4 cm³/mol. The van der Waals surface area contributed by atoms with E-state index >= 15 is 0 Å². The summed E-state index contributed by atoms with van der Waals surface area (Å²) in [6, 6.07) is 5.75. The van der Waals surface area contributed by atoms with E-state index in [2.05, 4.69) is 29.5 Å². The molecule has 5 nitrogen and oxygen atoms in total. The molecule has 0 aliphatic rings. The summed E-state index contributed by atoms with van der Waals surface area (Å²) < 4.78 is 6.96. The van der Waals surface area contributed by atoms with Crippen LogP contribution in [-0.4, -0.2) is 28.6 Å². The summed E-state index contributed by atoms with van der Waals surface area (Å²) in [6.07, 6.45) is 1.09. The monoisotopic (exact) mass is 308 g/mol. The van der Waals surface area contributed by atoms with Crippen LogP contribution in [0.4, 0.5) is 0 Å². The Labute approximate surface area is 130 Å². The Bertz CT molecular complexity index is 612. The lowest BCUT2D eigenvalue weighted by Gasteiger charge is -2.12. The highest BCUT2D eigenvalue weighted by atomic mass is 35.5. The van der Waals surface area contributed by atoms with Gasteiger partial charge in [-0.3, -0.25) is 0 Å². The molecular weight excluding hydrogens is 288 g/mol. The maximum absolute atomic E-state index is 6.17. The van der Waals surface area contributed by atoms with Crippen LogP contribution in [0.2, 0.25) is 5.02 Å². The molecule has 0 aliphatic carbocycles. The zero-order valence-electron chi connectivity index (χ0n) is 12.9. The number of rotatable bonds is 6. The van der Waals surface area contributed by atoms with Crippen molar-refractivity contribution in [1.29, 1.82) is 0 Å². The molecule has 0 saturated carbocycles. The van der Waals surface area contributed by atoms with Crippen LogP contribution in [-0.2, 0) is 0 Å². The first kappa shape index (κ1) is 15.8. The predicted octanol–water partition coefficient (Wildman–Crippen LogP) is 3.30. The number of benzene rings is 1. The second kappa shape index (κ2) is 6.91. The maximum Gasteiger partial charge on any atom is 0.137 e. The average Bonchev–Trinajstić information content (AvgIpc) is 2.86. The molecule has 0 aliphatic heterocycles. The maximum atomic E-state index is 6.17. The van der Waals surface area contributed by atoms with E-state index in [-0.39, 0.29) is 6.04 Å². The molecule has 1 N–H and O–H groups in total. The third kappa shape index (κ3) is 3.36. The normalized spacial score (nSPS) is 12.4. The van der Waals surface area contributed by atoms with Crippen LogP contribution in [0.5, 0.6) is 5.75 Å². The molecule has 0 radical (unpaired) electrons. The molecule has 114 valence electrons. The SMILES string of the molecule is CCCNC(C)c1nnn(-c2ccc(OC)c(Cl)c2)c1C. The topological polar surface area (TPSA) is 52.0 Å². The number of hydrogen-bond donors (Lipinski definition) is 1. The van der Waals surface area contributed by atoms with Crippen molar-refractivity contribution in [2.45, 2.75) is 33.2 Å². The van der Waals surface area contributed by atoms with Gasteiger partial charge in [-0.25, -0.2) is 4.68 Å². The fourth-order valence-corrected chi connectivity index (χ4v) is 2.48. The van der Waals surface area contributed by atoms with Crippen LogP contribution in [0.3, 0.4) is 0 Å². The van der Waals surface area contributed by atoms with Crippen LogP contribution in [0.25, 0.3) is 5.69 Å². The number of methoxy groups -OCH3 is 1. The molecule has 1 unspecified atom stereocenters. The van der Waals surface area contributed by atoms with Gasteiger partial charge in [0, 0.05) is 0 Å². The van der Waals surface area contributed by atoms with E-state index in [9.17, 15) is 0 Å². The van der Waals surface area contributed by atoms with Crippen LogP contribution >= 0.6 is 11.6 Å². The molecule has 1 atom stereocenters. The van der Waals surface area contributed by atoms with Crippen LogP contribution < -0.4 is 10.1 Å². The molecule has 2 rings (SSSR count). The van der Waals surface area contributed by atoms with Gasteiger partial charge >= 0.3 is 0 Å². The Morgan fingerprint density at radius 2 is 2.19 bits per heavy atom. The number of nitrogens with zero attached hydrogens (tertiary/aromatic N) is 3. The molecule has 0 fully saturated rings. The summed E-state index contributed by atoms with van der Waals surface area (Å²) in [6.45, 7) is 7.21. The Hall–Kier alpha value is -1.59. The molecule has 6 heteroatoms. The Morgan fingerprint density at radius 1 is 1.43 bits per heavy atom. The van der Waals surface area contributed by atoms with Crippen molar-refractivity contribution in [3.63, 3.8) is 0 Å². The molecule has 2 aromatic rings. The zero-order valence-corrected chi connectivity index (χ0v) is 13.6. The van der Waals surface area contributed by atoms with Crippen LogP contribution in [0.15, 0.2) is 18.2 Å². The Morgan fingerprint density at radius 3 is 2.81 bits per heavy atom. The van der Waals surface area contributed by atoms with E-state index in [1.54, 1.807) is 11.8 Å². The summed E-state index contributed by atoms with van der Waals surface area (Å²) in [7, 11) is 1.60. The van der Waals surface area contributed by atoms with Gasteiger partial charge in [-0.2, -0.15) is 0 Å². The van der Waals surface area contributed by atoms with Crippen molar-refractivity contribution in [3.8, 4) is 11.4 Å². The average molecular weight is 309 g/mol. The second-order valence-electron chi connectivity index (χ2n) is 4.97. The highest BCUT2D eigenvalue weighted by molar-refractivity contribution is 6.32. The molecule has 1 aromatic heterocycles. The van der Waals surface area contributed by atoms with Gasteiger partial charge in [0.2, 0.25) is 0 Å². The minimum absolute atomic E-state index is 0.174. The summed E-state index contributed by atoms with van der Waals surface area (Å²) >= 11 is 6.17. The zero-order chi connectivity index (χ0) is 15.4. The number of nitrogens with one attached hydrogen (secondary N) is 1. The number of hydrogen-bond acceptors (Lipinski definition) is 4. The fraction of sp³-hybridized carbons (Fsp3) is 0.467. The van der Waals surface area contributed by atoms with Crippen molar-refractivity contribution in [2.75, 3.05) is 13.7 Å². The second-order valence-corrected chi connectivity index (χ2v) is 5.37. The molecule has 0 amide bonds. The highest BCUT2D eigenvalue weighted by Gasteiger charge is 2.16. The molecular formula is C15H21ClN4O. The first-order chi connectivity index (χ1) is 10.1. The van der Waals surface area contributed by atoms with Gasteiger partial charge in [0.25, 0.3) is 0 Å². The van der Waals surface area contributed by atoms with E-state index in [4.69, 9.17) is 16.3 Å². The smallest absolute Gasteiger partial charge is 0.137 e. The van der Waals surface area contributed by atoms with E-state index in [1.165, 1.54) is 0 Å². The van der Waals surface area contributed by atoms with Gasteiger partial charge in [-0.1, -0.05) is 23.7 Å². The summed E-state index contributed by atoms with van der Waals surface area (Å²) in [5, 5.41) is 12.5. The van der Waals surface area contributed by atoms with Gasteiger partial charge in [-0.05, 0) is 45.0 Å². The minimum Gasteiger partial charge on any atom is -0.495 e. The molecule has 1 heterocycles. The van der Waals surface area contributed by atoms with Gasteiger partial charge in [0.05, 0.1) is 29.6 Å². The third-order valence-corrected chi connectivity index (χ3v) is 3.72. The van der Waals surface area contributed by atoms with Gasteiger partial charge < -0.3 is 10.1 Å². The van der Waals surface area contributed by atoms with Crippen LogP contribution in [0.1, 0.15) is 37.7 Å². The Balaban J connectivity index is 2.29. The number of halogens is 1. The Kier molecular flexibility index (Phi) is 5.20. The lowest BCUT2D eigenvalue weighted by molar-refractivity contribution is 0.415. The number of aromatic nitrogens is 3. The van der Waals surface area contributed by atoms with Crippen molar-refractivity contribution < 1.29 is 4.74 Å². The lowest BCUT2D eigenvalue weighted by Crippen LogP contribution is -2.20. The van der Waals surface area contributed by atoms with Crippen molar-refractivity contribution in [2.24, 2.45) is 0 Å². The van der Waals surface area contributed by atoms with Gasteiger partial charge in [-0.15, -0.1) is 5.10 Å². The molecule has 1 aromatic carbocycles. The molecule has 0 saturated heterocycles. The quantitative estimate of drug-likeness (QED) is 0.889. The first-order valence-corrected chi connectivity index (χ1v) is 7.45. The number of ether oxygens (including phenoxy) is 1. The minimum atomic E-state index is 0.174. The lowest BCUT2D eigenvalue weighted by atomic mass is 10.2. The van der Waals surface area contributed by atoms with E-state index in [1.807, 2.05) is 25.1 Å². The van der Waals surface area contributed by atoms with E-state index < -0.39 is 0 Å². The first-order valence-electron chi connectivity index (χ1n) is 7.08. The molecule has 21 heavy (non-hydrogen) atoms. The van der Waals surface area contributed by atoms with Crippen LogP contribution in [0, 0.1) is 6.92 Å². The standard InChI is InChI=1S/C15H21ClN4O/c1-5-8-17-10(2)15-11(3)20(19-18-15)12-6-7-14(21-4)13(16)9-12/h6-7,9-10,17H,5,8H2,1-4H3. The van der Waals surface area contributed by atoms with Crippen molar-refractivity contribution >= 4 is 11.6 Å². The third-order valence-electron chi connectivity index (χ3n) is 3.42. The largest absolute Gasteiger partial charge is 0.495 e. The van der Waals surface area contributed by atoms with Crippen molar-refractivity contribution in [1.82, 2.24) is 20.3 Å². The highest BCUT2D eigenvalue weighted by Crippen LogP contribution is 2.27. The summed E-state index contributed by atoms with van der Waals surface area (Å²) in [5.41, 5.74) is 2.84. The van der Waals surface area contributed by atoms with Crippen molar-refractivity contribution in [3.05, 3.63) is 34.6 Å². The van der Waals surface area contributed by atoms with E-state index in [0.29, 0.717) is 10.8 Å².